The van der Waals surface area contributed by atoms with Crippen molar-refractivity contribution in [2.75, 3.05) is 13.1 Å². The van der Waals surface area contributed by atoms with E-state index in [1.807, 2.05) is 0 Å². The van der Waals surface area contributed by atoms with E-state index in [0.717, 1.165) is 4.90 Å². The second kappa shape index (κ2) is 23.4. The molecule has 0 bridgehead atoms. The van der Waals surface area contributed by atoms with Crippen LogP contribution in [0.25, 0.3) is 0 Å². The number of aliphatic carboxylic acids is 2. The van der Waals surface area contributed by atoms with E-state index in [0.29, 0.717) is 25.0 Å². The fourth-order valence-corrected chi connectivity index (χ4v) is 5.92. The Hall–Kier alpha value is -5.68. The number of likely N-dealkylation sites (tertiary alicyclic amines) is 1. The van der Waals surface area contributed by atoms with Crippen molar-refractivity contribution >= 4 is 53.3 Å². The van der Waals surface area contributed by atoms with Crippen LogP contribution in [0.15, 0.2) is 12.5 Å². The minimum Gasteiger partial charge on any atom is -0.481 e. The monoisotopic (exact) mass is 809 g/mol. The number of aliphatic hydroxyl groups is 1. The van der Waals surface area contributed by atoms with Crippen molar-refractivity contribution in [1.82, 2.24) is 41.5 Å². The van der Waals surface area contributed by atoms with E-state index in [-0.39, 0.29) is 38.8 Å². The highest BCUT2D eigenvalue weighted by Crippen LogP contribution is 2.20. The third-order valence-electron chi connectivity index (χ3n) is 9.12. The highest BCUT2D eigenvalue weighted by Gasteiger charge is 2.41. The van der Waals surface area contributed by atoms with Crippen molar-refractivity contribution in [3.8, 4) is 0 Å². The number of nitrogens with one attached hydrogen (secondary N) is 6. The lowest BCUT2D eigenvalue weighted by atomic mass is 10.0. The van der Waals surface area contributed by atoms with Gasteiger partial charge in [0, 0.05) is 37.7 Å². The number of imidazole rings is 1. The summed E-state index contributed by atoms with van der Waals surface area (Å²) in [6.45, 7) is 2.86. The van der Waals surface area contributed by atoms with Crippen LogP contribution in [0.4, 0.5) is 0 Å². The van der Waals surface area contributed by atoms with Crippen LogP contribution >= 0.6 is 0 Å². The van der Waals surface area contributed by atoms with Gasteiger partial charge in [-0.3, -0.25) is 38.4 Å². The molecule has 1 aromatic heterocycles. The maximum Gasteiger partial charge on any atom is 0.326 e. The van der Waals surface area contributed by atoms with Crippen molar-refractivity contribution in [2.24, 2.45) is 17.2 Å². The summed E-state index contributed by atoms with van der Waals surface area (Å²) >= 11 is 0. The van der Waals surface area contributed by atoms with Crippen LogP contribution in [0, 0.1) is 0 Å². The Balaban J connectivity index is 2.19. The molecule has 15 N–H and O–H groups in total. The number of primary amides is 1. The van der Waals surface area contributed by atoms with Crippen molar-refractivity contribution in [2.45, 2.75) is 126 Å². The number of carbonyl (C=O) groups is 9. The van der Waals surface area contributed by atoms with Gasteiger partial charge in [0.1, 0.15) is 36.3 Å². The van der Waals surface area contributed by atoms with Crippen LogP contribution in [-0.2, 0) is 49.6 Å². The number of unbranched alkanes of at least 4 members (excludes halogenated alkanes) is 1. The van der Waals surface area contributed by atoms with Gasteiger partial charge >= 0.3 is 11.9 Å². The Morgan fingerprint density at radius 3 is 2.05 bits per heavy atom. The maximum atomic E-state index is 13.7. The molecule has 23 nitrogen and oxygen atoms in total. The number of carboxylic acid groups (broad SMARTS) is 2. The van der Waals surface area contributed by atoms with Gasteiger partial charge in [0.15, 0.2) is 0 Å². The van der Waals surface area contributed by atoms with Crippen molar-refractivity contribution in [1.29, 1.82) is 0 Å². The highest BCUT2D eigenvalue weighted by atomic mass is 16.4. The van der Waals surface area contributed by atoms with E-state index in [9.17, 15) is 58.5 Å². The molecule has 1 fully saturated rings. The lowest BCUT2D eigenvalue weighted by Gasteiger charge is -2.31. The summed E-state index contributed by atoms with van der Waals surface area (Å²) in [6, 6.07) is -9.54. The first-order chi connectivity index (χ1) is 26.9. The van der Waals surface area contributed by atoms with Crippen LogP contribution in [0.1, 0.15) is 77.3 Å². The standard InChI is InChI=1S/C34H55N11O12/c1-17(40-29(51)20(36)14-19-15-38-16-39-19)28(50)44-27(18(2)46)33(55)45-13-5-7-24(45)32(54)42-22(9-11-26(48)49)30(52)41-21(8-10-25(37)47)31(53)43-23(34(56)57)6-3-4-12-35/h15-18,20-24,27,46H,3-14,35-36H2,1-2H3,(H2,37,47)(H,38,39)(H,40,51)(H,41,52)(H,42,54)(H,43,53)(H,44,50)(H,48,49)(H,56,57)/t17-,18+,20-,21-,22-,23-,24-,27-/m0/s1. The first kappa shape index (κ1) is 47.5. The number of aromatic nitrogens is 2. The van der Waals surface area contributed by atoms with Crippen LogP contribution in [0.5, 0.6) is 0 Å². The average Bonchev–Trinajstić information content (AvgIpc) is 3.85. The Morgan fingerprint density at radius 2 is 1.49 bits per heavy atom. The number of H-pyrrole nitrogens is 1. The first-order valence-electron chi connectivity index (χ1n) is 18.5. The molecular weight excluding hydrogens is 754 g/mol. The normalized spacial score (nSPS) is 17.4. The lowest BCUT2D eigenvalue weighted by Crippen LogP contribution is -2.61. The number of nitrogens with zero attached hydrogens (tertiary/aromatic N) is 2. The van der Waals surface area contributed by atoms with E-state index in [2.05, 4.69) is 36.6 Å². The topological polar surface area (TPSA) is 384 Å². The third kappa shape index (κ3) is 15.8. The molecule has 23 heteroatoms. The number of carbonyl (C=O) groups excluding carboxylic acids is 7. The van der Waals surface area contributed by atoms with E-state index >= 15 is 0 Å². The number of carboxylic acids is 2. The van der Waals surface area contributed by atoms with E-state index in [1.165, 1.54) is 26.4 Å². The molecule has 1 aliphatic heterocycles. The summed E-state index contributed by atoms with van der Waals surface area (Å²) in [6.07, 6.45) is 0.885. The molecule has 8 atom stereocenters. The zero-order chi connectivity index (χ0) is 42.8. The molecule has 2 heterocycles. The third-order valence-corrected chi connectivity index (χ3v) is 9.12. The Bertz CT molecular complexity index is 1570. The summed E-state index contributed by atoms with van der Waals surface area (Å²) in [5.74, 6) is -8.81. The Labute approximate surface area is 328 Å². The second-order valence-corrected chi connectivity index (χ2v) is 13.8. The zero-order valence-corrected chi connectivity index (χ0v) is 31.9. The van der Waals surface area contributed by atoms with Crippen LogP contribution < -0.4 is 43.8 Å². The second-order valence-electron chi connectivity index (χ2n) is 13.8. The summed E-state index contributed by atoms with van der Waals surface area (Å²) < 4.78 is 0. The van der Waals surface area contributed by atoms with Crippen molar-refractivity contribution in [3.05, 3.63) is 18.2 Å². The van der Waals surface area contributed by atoms with E-state index in [1.54, 1.807) is 0 Å². The molecule has 0 radical (unpaired) electrons. The number of rotatable bonds is 25. The van der Waals surface area contributed by atoms with Gasteiger partial charge in [-0.15, -0.1) is 0 Å². The SMILES string of the molecule is C[C@H](NC(=O)[C@@H](N)Cc1cnc[nH]1)C(=O)N[C@H](C(=O)N1CCC[C@H]1C(=O)N[C@@H](CCC(=O)O)C(=O)N[C@@H](CCC(N)=O)C(=O)N[C@@H](CCCCN)C(=O)O)[C@@H](C)O. The molecule has 0 spiro atoms. The van der Waals surface area contributed by atoms with Crippen molar-refractivity contribution < 1.29 is 58.5 Å². The predicted octanol–water partition coefficient (Wildman–Crippen LogP) is -4.56. The minimum absolute atomic E-state index is 0.00211. The molecule has 1 aromatic rings. The fraction of sp³-hybridized carbons (Fsp3) is 0.647. The quantitative estimate of drug-likeness (QED) is 0.0414. The van der Waals surface area contributed by atoms with Crippen LogP contribution in [0.3, 0.4) is 0 Å². The minimum atomic E-state index is -1.59. The number of aliphatic hydroxyl groups excluding tert-OH is 1. The molecule has 1 aliphatic rings. The number of aromatic amines is 1. The number of nitrogens with two attached hydrogens (primary N) is 3. The molecule has 57 heavy (non-hydrogen) atoms. The van der Waals surface area contributed by atoms with Gasteiger partial charge < -0.3 is 69.0 Å². The number of hydrogen-bond acceptors (Lipinski definition) is 13. The average molecular weight is 810 g/mol. The number of hydrogen-bond donors (Lipinski definition) is 12. The molecule has 0 aliphatic carbocycles. The van der Waals surface area contributed by atoms with Gasteiger partial charge in [0.2, 0.25) is 41.4 Å². The number of amides is 7. The lowest BCUT2D eigenvalue weighted by molar-refractivity contribution is -0.144. The maximum absolute atomic E-state index is 13.7. The molecule has 7 amide bonds. The zero-order valence-electron chi connectivity index (χ0n) is 31.9. The van der Waals surface area contributed by atoms with Crippen LogP contribution in [-0.4, -0.2) is 145 Å². The summed E-state index contributed by atoms with van der Waals surface area (Å²) in [4.78, 5) is 122. The predicted molar refractivity (Wildman–Crippen MR) is 198 cm³/mol. The Kier molecular flexibility index (Phi) is 19.5. The van der Waals surface area contributed by atoms with Crippen molar-refractivity contribution in [3.63, 3.8) is 0 Å². The summed E-state index contributed by atoms with van der Waals surface area (Å²) in [5.41, 5.74) is 17.2. The Morgan fingerprint density at radius 1 is 0.860 bits per heavy atom. The van der Waals surface area contributed by atoms with Gasteiger partial charge in [-0.1, -0.05) is 0 Å². The summed E-state index contributed by atoms with van der Waals surface area (Å²) in [5, 5.41) is 41.4. The van der Waals surface area contributed by atoms with E-state index in [4.69, 9.17) is 17.2 Å². The fourth-order valence-electron chi connectivity index (χ4n) is 5.92. The first-order valence-corrected chi connectivity index (χ1v) is 18.5. The summed E-state index contributed by atoms with van der Waals surface area (Å²) in [7, 11) is 0. The van der Waals surface area contributed by atoms with Gasteiger partial charge in [-0.05, 0) is 65.3 Å². The highest BCUT2D eigenvalue weighted by molar-refractivity contribution is 5.97. The smallest absolute Gasteiger partial charge is 0.326 e. The molecule has 0 saturated carbocycles. The van der Waals surface area contributed by atoms with Gasteiger partial charge in [-0.25, -0.2) is 9.78 Å². The molecular formula is C34H55N11O12. The molecule has 0 aromatic carbocycles. The largest absolute Gasteiger partial charge is 0.481 e. The molecule has 318 valence electrons. The molecule has 2 rings (SSSR count). The van der Waals surface area contributed by atoms with Gasteiger partial charge in [-0.2, -0.15) is 0 Å². The molecule has 1 saturated heterocycles. The molecule has 0 unspecified atom stereocenters. The van der Waals surface area contributed by atoms with Gasteiger partial charge in [0.25, 0.3) is 0 Å². The van der Waals surface area contributed by atoms with E-state index < -0.39 is 121 Å². The van der Waals surface area contributed by atoms with Gasteiger partial charge in [0.05, 0.1) is 18.5 Å². The van der Waals surface area contributed by atoms with Crippen LogP contribution in [0.2, 0.25) is 0 Å².